The van der Waals surface area contributed by atoms with Gasteiger partial charge in [0, 0.05) is 55.6 Å². The van der Waals surface area contributed by atoms with Gasteiger partial charge >= 0.3 is 12.2 Å². The van der Waals surface area contributed by atoms with E-state index in [2.05, 4.69) is 36.3 Å². The summed E-state index contributed by atoms with van der Waals surface area (Å²) in [7, 11) is 0. The first kappa shape index (κ1) is 26.7. The third-order valence-electron chi connectivity index (χ3n) is 7.98. The minimum atomic E-state index is -4.80. The predicted octanol–water partition coefficient (Wildman–Crippen LogP) is 4.60. The molecular weight excluding hydrogens is 542 g/mol. The van der Waals surface area contributed by atoms with E-state index >= 15 is 0 Å². The number of nitrogens with zero attached hydrogens (tertiary/aromatic N) is 7. The van der Waals surface area contributed by atoms with E-state index in [9.17, 15) is 27.6 Å². The highest BCUT2D eigenvalue weighted by atomic mass is 19.4. The molecule has 1 saturated carbocycles. The highest BCUT2D eigenvalue weighted by molar-refractivity contribution is 5.91. The van der Waals surface area contributed by atoms with Crippen LogP contribution in [0.25, 0.3) is 22.3 Å². The first-order chi connectivity index (χ1) is 19.7. The highest BCUT2D eigenvalue weighted by Gasteiger charge is 2.49. The van der Waals surface area contributed by atoms with Crippen LogP contribution in [0.4, 0.5) is 28.0 Å². The fourth-order valence-electron chi connectivity index (χ4n) is 5.79. The quantitative estimate of drug-likeness (QED) is 0.341. The highest BCUT2D eigenvalue weighted by Crippen LogP contribution is 2.45. The Balaban J connectivity index is 1.09. The molecule has 2 fully saturated rings. The number of hydrogen-bond donors (Lipinski definition) is 2. The van der Waals surface area contributed by atoms with Crippen LogP contribution < -0.4 is 5.32 Å². The van der Waals surface area contributed by atoms with Gasteiger partial charge in [-0.3, -0.25) is 9.58 Å². The molecular formula is C27H25F4N9O. The van der Waals surface area contributed by atoms with Crippen LogP contribution >= 0.6 is 0 Å². The number of aromatic amines is 1. The summed E-state index contributed by atoms with van der Waals surface area (Å²) in [5.41, 5.74) is 0.128. The number of anilines is 1. The Morgan fingerprint density at radius 3 is 2.68 bits per heavy atom. The van der Waals surface area contributed by atoms with Gasteiger partial charge in [0.05, 0.1) is 41.2 Å². The van der Waals surface area contributed by atoms with E-state index < -0.39 is 34.8 Å². The van der Waals surface area contributed by atoms with E-state index in [4.69, 9.17) is 0 Å². The van der Waals surface area contributed by atoms with Crippen molar-refractivity contribution in [3.05, 3.63) is 60.6 Å². The Bertz CT molecular complexity index is 1630. The van der Waals surface area contributed by atoms with Crippen molar-refractivity contribution in [2.24, 2.45) is 0 Å². The minimum absolute atomic E-state index is 0.172. The molecule has 2 aliphatic rings. The zero-order valence-electron chi connectivity index (χ0n) is 21.7. The van der Waals surface area contributed by atoms with Gasteiger partial charge < -0.3 is 15.2 Å². The molecule has 0 bridgehead atoms. The average Bonchev–Trinajstić information content (AvgIpc) is 3.61. The number of aromatic nitrogens is 5. The van der Waals surface area contributed by atoms with Gasteiger partial charge in [-0.1, -0.05) is 0 Å². The summed E-state index contributed by atoms with van der Waals surface area (Å²) >= 11 is 0. The van der Waals surface area contributed by atoms with Crippen molar-refractivity contribution in [1.82, 2.24) is 34.5 Å². The smallest absolute Gasteiger partial charge is 0.346 e. The second-order valence-corrected chi connectivity index (χ2v) is 10.4. The lowest BCUT2D eigenvalue weighted by Crippen LogP contribution is -2.61. The number of piperazine rings is 1. The molecule has 2 amide bonds. The van der Waals surface area contributed by atoms with Gasteiger partial charge in [0.1, 0.15) is 17.8 Å². The number of benzene rings is 1. The summed E-state index contributed by atoms with van der Waals surface area (Å²) in [6.07, 6.45) is 3.82. The van der Waals surface area contributed by atoms with Crippen molar-refractivity contribution in [2.45, 2.75) is 37.0 Å². The first-order valence-corrected chi connectivity index (χ1v) is 13.0. The van der Waals surface area contributed by atoms with Crippen molar-refractivity contribution in [2.75, 3.05) is 31.5 Å². The number of halogens is 4. The van der Waals surface area contributed by atoms with Crippen LogP contribution in [-0.2, 0) is 11.7 Å². The molecule has 41 heavy (non-hydrogen) atoms. The largest absolute Gasteiger partial charge is 0.418 e. The maximum Gasteiger partial charge on any atom is 0.418 e. The topological polar surface area (TPSA) is 119 Å². The van der Waals surface area contributed by atoms with Crippen molar-refractivity contribution in [1.29, 1.82) is 5.26 Å². The Kier molecular flexibility index (Phi) is 6.61. The number of rotatable bonds is 5. The van der Waals surface area contributed by atoms with Crippen LogP contribution in [0, 0.1) is 17.1 Å². The summed E-state index contributed by atoms with van der Waals surface area (Å²) < 4.78 is 55.2. The van der Waals surface area contributed by atoms with Crippen LogP contribution in [0.15, 0.2) is 49.2 Å². The zero-order chi connectivity index (χ0) is 28.8. The molecule has 1 aliphatic heterocycles. The number of hydrogen-bond acceptors (Lipinski definition) is 6. The Hall–Kier alpha value is -4.51. The van der Waals surface area contributed by atoms with Crippen LogP contribution in [0.3, 0.4) is 0 Å². The molecule has 212 valence electrons. The van der Waals surface area contributed by atoms with Crippen LogP contribution in [0.1, 0.15) is 24.8 Å². The molecule has 0 spiro atoms. The van der Waals surface area contributed by atoms with E-state index in [1.165, 1.54) is 11.2 Å². The van der Waals surface area contributed by atoms with Gasteiger partial charge in [-0.2, -0.15) is 23.5 Å². The molecule has 4 heterocycles. The van der Waals surface area contributed by atoms with Crippen LogP contribution in [0.2, 0.25) is 0 Å². The van der Waals surface area contributed by atoms with Gasteiger partial charge in [0.25, 0.3) is 0 Å². The first-order valence-electron chi connectivity index (χ1n) is 13.0. The molecule has 0 radical (unpaired) electrons. The van der Waals surface area contributed by atoms with Crippen molar-refractivity contribution < 1.29 is 22.4 Å². The van der Waals surface area contributed by atoms with Gasteiger partial charge in [0.15, 0.2) is 0 Å². The predicted molar refractivity (Wildman–Crippen MR) is 140 cm³/mol. The summed E-state index contributed by atoms with van der Waals surface area (Å²) in [6, 6.07) is 5.87. The number of fused-ring (bicyclic) bond motifs is 1. The maximum absolute atomic E-state index is 13.4. The fraction of sp³-hybridized carbons (Fsp3) is 0.370. The lowest BCUT2D eigenvalue weighted by molar-refractivity contribution is -0.137. The molecule has 2 N–H and O–H groups in total. The van der Waals surface area contributed by atoms with Gasteiger partial charge in [0.2, 0.25) is 0 Å². The van der Waals surface area contributed by atoms with Crippen LogP contribution in [-0.4, -0.2) is 72.8 Å². The van der Waals surface area contributed by atoms with E-state index in [1.807, 2.05) is 16.9 Å². The van der Waals surface area contributed by atoms with E-state index in [1.54, 1.807) is 12.4 Å². The number of carbonyl (C=O) groups is 1. The lowest BCUT2D eigenvalue weighted by Gasteiger charge is -2.52. The maximum atomic E-state index is 13.4. The Labute approximate surface area is 231 Å². The number of alkyl halides is 3. The van der Waals surface area contributed by atoms with Crippen LogP contribution in [0.5, 0.6) is 0 Å². The minimum Gasteiger partial charge on any atom is -0.346 e. The average molecular weight is 568 g/mol. The molecule has 6 rings (SSSR count). The Morgan fingerprint density at radius 2 is 1.95 bits per heavy atom. The molecule has 4 aromatic rings. The Morgan fingerprint density at radius 1 is 1.17 bits per heavy atom. The summed E-state index contributed by atoms with van der Waals surface area (Å²) in [5.74, 6) is -1.03. The lowest BCUT2D eigenvalue weighted by atomic mass is 9.70. The summed E-state index contributed by atoms with van der Waals surface area (Å²) in [6.45, 7) is 1.71. The fourth-order valence-corrected chi connectivity index (χ4v) is 5.79. The monoisotopic (exact) mass is 567 g/mol. The normalized spacial score (nSPS) is 21.4. The standard InChI is InChI=1S/C27H25F4N9O/c28-18-1-2-22(21(11-18)27(29,30)31)37-25(41)39-9-7-38(8-10-39)19-12-26(13-19,4-5-32)40-15-17(14-36-40)23-20-3-6-33-24(20)35-16-34-23/h1-3,6,11,14-16,19H,4,7-10,12-13H2,(H,37,41)(H,33,34,35). The molecule has 1 aromatic carbocycles. The molecule has 14 heteroatoms. The third kappa shape index (κ3) is 4.97. The number of nitriles is 1. The van der Waals surface area contributed by atoms with E-state index in [0.717, 1.165) is 34.4 Å². The number of urea groups is 1. The number of carbonyl (C=O) groups excluding carboxylic acids is 1. The van der Waals surface area contributed by atoms with Crippen molar-refractivity contribution in [3.63, 3.8) is 0 Å². The molecule has 0 unspecified atom stereocenters. The number of amides is 2. The van der Waals surface area contributed by atoms with Gasteiger partial charge in [-0.25, -0.2) is 19.2 Å². The van der Waals surface area contributed by atoms with Crippen molar-refractivity contribution in [3.8, 4) is 17.3 Å². The summed E-state index contributed by atoms with van der Waals surface area (Å²) in [5, 5.41) is 17.3. The molecule has 1 aliphatic carbocycles. The zero-order valence-corrected chi connectivity index (χ0v) is 21.7. The third-order valence-corrected chi connectivity index (χ3v) is 7.98. The SMILES string of the molecule is N#CCC1(n2cc(-c3ncnc4[nH]ccc34)cn2)CC(N2CCN(C(=O)Nc3ccc(F)cc3C(F)(F)F)CC2)C1. The second kappa shape index (κ2) is 10.2. The number of H-pyrrole nitrogens is 1. The molecule has 1 saturated heterocycles. The van der Waals surface area contributed by atoms with Crippen molar-refractivity contribution >= 4 is 22.8 Å². The molecule has 0 atom stereocenters. The van der Waals surface area contributed by atoms with Gasteiger partial charge in [-0.05, 0) is 37.1 Å². The second-order valence-electron chi connectivity index (χ2n) is 10.4. The summed E-state index contributed by atoms with van der Waals surface area (Å²) in [4.78, 5) is 28.1. The molecule has 3 aromatic heterocycles. The van der Waals surface area contributed by atoms with E-state index in [-0.39, 0.29) is 12.5 Å². The van der Waals surface area contributed by atoms with Gasteiger partial charge in [-0.15, -0.1) is 0 Å². The van der Waals surface area contributed by atoms with E-state index in [0.29, 0.717) is 45.1 Å². The molecule has 10 nitrogen and oxygen atoms in total. The number of nitrogens with one attached hydrogen (secondary N) is 2.